The number of hydrogen-bond donors (Lipinski definition) is 2. The normalized spacial score (nSPS) is 27.7. The summed E-state index contributed by atoms with van der Waals surface area (Å²) in [5.74, 6) is -0.146. The van der Waals surface area contributed by atoms with E-state index >= 15 is 0 Å². The van der Waals surface area contributed by atoms with E-state index in [-0.39, 0.29) is 11.6 Å². The van der Waals surface area contributed by atoms with Crippen LogP contribution in [0.25, 0.3) is 5.57 Å². The molecule has 18 heavy (non-hydrogen) atoms. The van der Waals surface area contributed by atoms with Crippen molar-refractivity contribution in [2.45, 2.75) is 25.6 Å². The van der Waals surface area contributed by atoms with Gasteiger partial charge in [0.15, 0.2) is 0 Å². The molecule has 1 aromatic heterocycles. The average molecular weight is 250 g/mol. The molecule has 0 aromatic carbocycles. The molecular weight excluding hydrogens is 236 g/mol. The van der Waals surface area contributed by atoms with E-state index in [0.29, 0.717) is 17.6 Å². The van der Waals surface area contributed by atoms with Gasteiger partial charge in [-0.3, -0.25) is 15.1 Å². The van der Waals surface area contributed by atoms with Gasteiger partial charge in [-0.1, -0.05) is 6.92 Å². The van der Waals surface area contributed by atoms with E-state index in [0.717, 1.165) is 0 Å². The van der Waals surface area contributed by atoms with Crippen molar-refractivity contribution in [3.63, 3.8) is 0 Å². The predicted octanol–water partition coefficient (Wildman–Crippen LogP) is 1.13. The number of nitro groups is 1. The van der Waals surface area contributed by atoms with Gasteiger partial charge in [0.1, 0.15) is 6.20 Å². The van der Waals surface area contributed by atoms with Gasteiger partial charge in [0, 0.05) is 6.20 Å². The summed E-state index contributed by atoms with van der Waals surface area (Å²) in [5, 5.41) is 30.3. The third-order valence-corrected chi connectivity index (χ3v) is 3.19. The predicted molar refractivity (Wildman–Crippen MR) is 64.7 cm³/mol. The first-order chi connectivity index (χ1) is 8.50. The van der Waals surface area contributed by atoms with Crippen LogP contribution in [0, 0.1) is 16.0 Å². The number of aliphatic hydroxyl groups excluding tert-OH is 2. The molecular formula is C12H14N2O4. The summed E-state index contributed by atoms with van der Waals surface area (Å²) in [6.07, 6.45) is 2.82. The number of aliphatic hydroxyl groups is 2. The molecule has 0 unspecified atom stereocenters. The lowest BCUT2D eigenvalue weighted by molar-refractivity contribution is -0.385. The summed E-state index contributed by atoms with van der Waals surface area (Å²) in [6.45, 7) is 1.80. The van der Waals surface area contributed by atoms with Gasteiger partial charge in [0.05, 0.1) is 22.7 Å². The molecule has 96 valence electrons. The SMILES string of the molecule is C[C@H]1CC(c2ccncc2[N+](=O)[O-])=C[C@H](O)[C@@H]1O. The summed E-state index contributed by atoms with van der Waals surface area (Å²) >= 11 is 0. The first-order valence-electron chi connectivity index (χ1n) is 5.66. The largest absolute Gasteiger partial charge is 0.390 e. The van der Waals surface area contributed by atoms with Crippen LogP contribution in [0.4, 0.5) is 5.69 Å². The zero-order valence-electron chi connectivity index (χ0n) is 9.85. The van der Waals surface area contributed by atoms with E-state index in [1.54, 1.807) is 13.0 Å². The fraction of sp³-hybridized carbons (Fsp3) is 0.417. The molecule has 1 aliphatic rings. The molecule has 6 heteroatoms. The Hall–Kier alpha value is -1.79. The monoisotopic (exact) mass is 250 g/mol. The molecule has 0 aliphatic heterocycles. The van der Waals surface area contributed by atoms with E-state index in [2.05, 4.69) is 4.98 Å². The van der Waals surface area contributed by atoms with Crippen molar-refractivity contribution in [2.24, 2.45) is 5.92 Å². The van der Waals surface area contributed by atoms with Crippen molar-refractivity contribution in [1.29, 1.82) is 0 Å². The van der Waals surface area contributed by atoms with Crippen molar-refractivity contribution in [1.82, 2.24) is 4.98 Å². The summed E-state index contributed by atoms with van der Waals surface area (Å²) in [7, 11) is 0. The smallest absolute Gasteiger partial charge is 0.294 e. The molecule has 0 radical (unpaired) electrons. The highest BCUT2D eigenvalue weighted by molar-refractivity contribution is 5.73. The van der Waals surface area contributed by atoms with E-state index in [4.69, 9.17) is 0 Å². The third-order valence-electron chi connectivity index (χ3n) is 3.19. The van der Waals surface area contributed by atoms with Crippen LogP contribution >= 0.6 is 0 Å². The maximum absolute atomic E-state index is 10.9. The first-order valence-corrected chi connectivity index (χ1v) is 5.66. The van der Waals surface area contributed by atoms with Crippen molar-refractivity contribution in [3.05, 3.63) is 40.2 Å². The van der Waals surface area contributed by atoms with Crippen LogP contribution in [0.1, 0.15) is 18.9 Å². The summed E-state index contributed by atoms with van der Waals surface area (Å²) in [5.41, 5.74) is 1.04. The van der Waals surface area contributed by atoms with Gasteiger partial charge in [0.2, 0.25) is 0 Å². The molecule has 0 fully saturated rings. The number of pyridine rings is 1. The Morgan fingerprint density at radius 3 is 2.83 bits per heavy atom. The Labute approximate surface area is 104 Å². The Bertz CT molecular complexity index is 501. The Morgan fingerprint density at radius 2 is 2.22 bits per heavy atom. The van der Waals surface area contributed by atoms with Gasteiger partial charge >= 0.3 is 0 Å². The van der Waals surface area contributed by atoms with E-state index in [1.807, 2.05) is 0 Å². The van der Waals surface area contributed by atoms with Gasteiger partial charge in [-0.25, -0.2) is 0 Å². The number of allylic oxidation sites excluding steroid dienone is 1. The highest BCUT2D eigenvalue weighted by atomic mass is 16.6. The van der Waals surface area contributed by atoms with Crippen molar-refractivity contribution >= 4 is 11.3 Å². The van der Waals surface area contributed by atoms with Crippen LogP contribution in [0.5, 0.6) is 0 Å². The Morgan fingerprint density at radius 1 is 1.50 bits per heavy atom. The molecule has 0 bridgehead atoms. The molecule has 3 atom stereocenters. The lowest BCUT2D eigenvalue weighted by Gasteiger charge is -2.28. The number of rotatable bonds is 2. The van der Waals surface area contributed by atoms with Gasteiger partial charge < -0.3 is 10.2 Å². The van der Waals surface area contributed by atoms with E-state index in [1.165, 1.54) is 18.5 Å². The standard InChI is InChI=1S/C12H14N2O4/c1-7-4-8(5-11(15)12(7)16)9-2-3-13-6-10(9)14(17)18/h2-3,5-7,11-12,15-16H,4H2,1H3/t7-,11-,12+/m0/s1. The lowest BCUT2D eigenvalue weighted by Crippen LogP contribution is -2.34. The molecule has 1 aliphatic carbocycles. The van der Waals surface area contributed by atoms with E-state index < -0.39 is 17.1 Å². The number of nitrogens with zero attached hydrogens (tertiary/aromatic N) is 2. The molecule has 0 saturated heterocycles. The number of hydrogen-bond acceptors (Lipinski definition) is 5. The minimum absolute atomic E-state index is 0.0838. The Balaban J connectivity index is 2.44. The van der Waals surface area contributed by atoms with Crippen molar-refractivity contribution < 1.29 is 15.1 Å². The van der Waals surface area contributed by atoms with Gasteiger partial charge in [-0.05, 0) is 30.1 Å². The van der Waals surface area contributed by atoms with Crippen LogP contribution in [-0.2, 0) is 0 Å². The van der Waals surface area contributed by atoms with Gasteiger partial charge in [-0.15, -0.1) is 0 Å². The zero-order chi connectivity index (χ0) is 13.3. The maximum Gasteiger partial charge on any atom is 0.294 e. The molecule has 2 N–H and O–H groups in total. The quantitative estimate of drug-likeness (QED) is 0.606. The summed E-state index contributed by atoms with van der Waals surface area (Å²) in [4.78, 5) is 14.2. The van der Waals surface area contributed by atoms with Gasteiger partial charge in [0.25, 0.3) is 5.69 Å². The second-order valence-corrected chi connectivity index (χ2v) is 4.50. The average Bonchev–Trinajstić information content (AvgIpc) is 2.35. The second kappa shape index (κ2) is 4.83. The van der Waals surface area contributed by atoms with Crippen LogP contribution in [0.2, 0.25) is 0 Å². The molecule has 0 amide bonds. The van der Waals surface area contributed by atoms with E-state index in [9.17, 15) is 20.3 Å². The third kappa shape index (κ3) is 2.25. The lowest BCUT2D eigenvalue weighted by atomic mass is 9.83. The molecule has 2 rings (SSSR count). The van der Waals surface area contributed by atoms with Crippen LogP contribution in [0.3, 0.4) is 0 Å². The van der Waals surface area contributed by atoms with Crippen LogP contribution in [0.15, 0.2) is 24.5 Å². The molecule has 6 nitrogen and oxygen atoms in total. The minimum Gasteiger partial charge on any atom is -0.390 e. The molecule has 1 aromatic rings. The zero-order valence-corrected chi connectivity index (χ0v) is 9.85. The molecule has 1 heterocycles. The van der Waals surface area contributed by atoms with Crippen LogP contribution in [-0.4, -0.2) is 32.3 Å². The van der Waals surface area contributed by atoms with Crippen LogP contribution < -0.4 is 0 Å². The second-order valence-electron chi connectivity index (χ2n) is 4.50. The van der Waals surface area contributed by atoms with Crippen molar-refractivity contribution in [2.75, 3.05) is 0 Å². The summed E-state index contributed by atoms with van der Waals surface area (Å²) < 4.78 is 0. The maximum atomic E-state index is 10.9. The van der Waals surface area contributed by atoms with Crippen molar-refractivity contribution in [3.8, 4) is 0 Å². The highest BCUT2D eigenvalue weighted by Crippen LogP contribution is 2.34. The highest BCUT2D eigenvalue weighted by Gasteiger charge is 2.30. The molecule has 0 saturated carbocycles. The Kier molecular flexibility index (Phi) is 3.40. The number of aromatic nitrogens is 1. The first kappa shape index (κ1) is 12.7. The fourth-order valence-corrected chi connectivity index (χ4v) is 2.18. The minimum atomic E-state index is -0.989. The topological polar surface area (TPSA) is 96.5 Å². The summed E-state index contributed by atoms with van der Waals surface area (Å²) in [6, 6.07) is 1.56. The molecule has 0 spiro atoms. The fourth-order valence-electron chi connectivity index (χ4n) is 2.18. The van der Waals surface area contributed by atoms with Gasteiger partial charge in [-0.2, -0.15) is 0 Å².